The predicted octanol–water partition coefficient (Wildman–Crippen LogP) is 2.59. The lowest BCUT2D eigenvalue weighted by molar-refractivity contribution is -0.120. The number of nitrogens with one attached hydrogen (secondary N) is 1. The van der Waals surface area contributed by atoms with Crippen LogP contribution in [0, 0.1) is 3.77 Å². The van der Waals surface area contributed by atoms with Gasteiger partial charge < -0.3 is 9.15 Å². The summed E-state index contributed by atoms with van der Waals surface area (Å²) in [6.45, 7) is 0. The Morgan fingerprint density at radius 3 is 2.70 bits per heavy atom. The zero-order valence-electron chi connectivity index (χ0n) is 10.8. The molecule has 0 bridgehead atoms. The van der Waals surface area contributed by atoms with Crippen LogP contribution >= 0.6 is 22.6 Å². The molecule has 0 saturated heterocycles. The molecule has 1 N–H and O–H groups in total. The summed E-state index contributed by atoms with van der Waals surface area (Å²) >= 11 is 2.06. The number of hydrogen-bond acceptors (Lipinski definition) is 4. The highest BCUT2D eigenvalue weighted by Crippen LogP contribution is 2.11. The SMILES string of the molecule is COc1ccc(CC(=O)NN=Cc2ccc(I)o2)cc1. The Bertz CT molecular complexity index is 605. The number of halogens is 1. The van der Waals surface area contributed by atoms with E-state index in [1.54, 1.807) is 13.2 Å². The summed E-state index contributed by atoms with van der Waals surface area (Å²) in [6, 6.07) is 10.9. The topological polar surface area (TPSA) is 63.8 Å². The number of rotatable bonds is 5. The van der Waals surface area contributed by atoms with Gasteiger partial charge in [-0.15, -0.1) is 0 Å². The van der Waals surface area contributed by atoms with E-state index in [-0.39, 0.29) is 12.3 Å². The van der Waals surface area contributed by atoms with Crippen LogP contribution in [-0.2, 0) is 11.2 Å². The number of furan rings is 1. The smallest absolute Gasteiger partial charge is 0.244 e. The van der Waals surface area contributed by atoms with Gasteiger partial charge in [0.1, 0.15) is 11.5 Å². The van der Waals surface area contributed by atoms with Gasteiger partial charge in [-0.2, -0.15) is 5.10 Å². The van der Waals surface area contributed by atoms with Gasteiger partial charge in [-0.05, 0) is 52.4 Å². The van der Waals surface area contributed by atoms with Gasteiger partial charge in [-0.25, -0.2) is 5.43 Å². The van der Waals surface area contributed by atoms with Crippen LogP contribution in [-0.4, -0.2) is 19.2 Å². The monoisotopic (exact) mass is 384 g/mol. The molecule has 1 aromatic heterocycles. The number of amides is 1. The minimum Gasteiger partial charge on any atom is -0.497 e. The first kappa shape index (κ1) is 14.6. The number of hydrogen-bond donors (Lipinski definition) is 1. The van der Waals surface area contributed by atoms with Crippen molar-refractivity contribution >= 4 is 34.7 Å². The highest BCUT2D eigenvalue weighted by Gasteiger charge is 2.02. The number of methoxy groups -OCH3 is 1. The standard InChI is InChI=1S/C14H13IN2O3/c1-19-11-4-2-10(3-5-11)8-14(18)17-16-9-12-6-7-13(15)20-12/h2-7,9H,8H2,1H3,(H,17,18). The Kier molecular flexibility index (Phi) is 5.16. The van der Waals surface area contributed by atoms with Crippen molar-refractivity contribution in [2.24, 2.45) is 5.10 Å². The van der Waals surface area contributed by atoms with Gasteiger partial charge >= 0.3 is 0 Å². The summed E-state index contributed by atoms with van der Waals surface area (Å²) in [5.74, 6) is 1.17. The van der Waals surface area contributed by atoms with Crippen molar-refractivity contribution in [1.29, 1.82) is 0 Å². The molecule has 0 saturated carbocycles. The van der Waals surface area contributed by atoms with E-state index in [1.807, 2.05) is 30.3 Å². The molecule has 1 amide bonds. The second kappa shape index (κ2) is 7.09. The maximum atomic E-state index is 11.7. The van der Waals surface area contributed by atoms with Crippen molar-refractivity contribution in [3.63, 3.8) is 0 Å². The molecular formula is C14H13IN2O3. The fourth-order valence-corrected chi connectivity index (χ4v) is 1.97. The van der Waals surface area contributed by atoms with Crippen LogP contribution in [0.5, 0.6) is 5.75 Å². The molecule has 0 aliphatic rings. The molecule has 1 heterocycles. The average Bonchev–Trinajstić information content (AvgIpc) is 2.85. The first-order chi connectivity index (χ1) is 9.67. The van der Waals surface area contributed by atoms with Crippen molar-refractivity contribution < 1.29 is 13.9 Å². The average molecular weight is 384 g/mol. The predicted molar refractivity (Wildman–Crippen MR) is 83.9 cm³/mol. The fraction of sp³-hybridized carbons (Fsp3) is 0.143. The third-order valence-electron chi connectivity index (χ3n) is 2.50. The minimum atomic E-state index is -0.187. The molecule has 0 aliphatic heterocycles. The largest absolute Gasteiger partial charge is 0.497 e. The van der Waals surface area contributed by atoms with Crippen LogP contribution in [0.25, 0.3) is 0 Å². The maximum Gasteiger partial charge on any atom is 0.244 e. The molecule has 2 rings (SSSR count). The summed E-state index contributed by atoms with van der Waals surface area (Å²) in [5.41, 5.74) is 3.35. The first-order valence-corrected chi connectivity index (χ1v) is 6.95. The lowest BCUT2D eigenvalue weighted by Gasteiger charge is -2.02. The Hall–Kier alpha value is -1.83. The molecule has 20 heavy (non-hydrogen) atoms. The molecule has 5 nitrogen and oxygen atoms in total. The van der Waals surface area contributed by atoms with Crippen LogP contribution in [0.2, 0.25) is 0 Å². The molecule has 2 aromatic rings. The van der Waals surface area contributed by atoms with Gasteiger partial charge in [0.05, 0.1) is 19.7 Å². The van der Waals surface area contributed by atoms with Crippen LogP contribution < -0.4 is 10.2 Å². The van der Waals surface area contributed by atoms with E-state index in [0.717, 1.165) is 15.1 Å². The fourth-order valence-electron chi connectivity index (χ4n) is 1.53. The summed E-state index contributed by atoms with van der Waals surface area (Å²) in [6.07, 6.45) is 1.73. The van der Waals surface area contributed by atoms with Gasteiger partial charge in [0.15, 0.2) is 3.77 Å². The summed E-state index contributed by atoms with van der Waals surface area (Å²) in [4.78, 5) is 11.7. The summed E-state index contributed by atoms with van der Waals surface area (Å²) < 4.78 is 11.1. The van der Waals surface area contributed by atoms with Crippen molar-refractivity contribution in [2.75, 3.05) is 7.11 Å². The van der Waals surface area contributed by atoms with Crippen LogP contribution in [0.3, 0.4) is 0 Å². The second-order valence-corrected chi connectivity index (χ2v) is 5.02. The van der Waals surface area contributed by atoms with Crippen molar-refractivity contribution in [3.05, 3.63) is 51.5 Å². The lowest BCUT2D eigenvalue weighted by Crippen LogP contribution is -2.19. The molecule has 0 aliphatic carbocycles. The van der Waals surface area contributed by atoms with Crippen LogP contribution in [0.4, 0.5) is 0 Å². The van der Waals surface area contributed by atoms with E-state index in [0.29, 0.717) is 5.76 Å². The molecule has 104 valence electrons. The number of nitrogens with zero attached hydrogens (tertiary/aromatic N) is 1. The van der Waals surface area contributed by atoms with E-state index in [9.17, 15) is 4.79 Å². The Balaban J connectivity index is 1.84. The number of hydrazone groups is 1. The molecule has 0 fully saturated rings. The van der Waals surface area contributed by atoms with E-state index < -0.39 is 0 Å². The summed E-state index contributed by atoms with van der Waals surface area (Å²) in [7, 11) is 1.60. The Morgan fingerprint density at radius 1 is 1.35 bits per heavy atom. The maximum absolute atomic E-state index is 11.7. The van der Waals surface area contributed by atoms with E-state index in [1.165, 1.54) is 6.21 Å². The molecule has 0 unspecified atom stereocenters. The van der Waals surface area contributed by atoms with E-state index >= 15 is 0 Å². The number of benzene rings is 1. The van der Waals surface area contributed by atoms with Gasteiger partial charge in [-0.1, -0.05) is 12.1 Å². The zero-order valence-corrected chi connectivity index (χ0v) is 13.0. The number of carbonyl (C=O) groups excluding carboxylic acids is 1. The molecule has 0 spiro atoms. The van der Waals surface area contributed by atoms with Crippen molar-refractivity contribution in [2.45, 2.75) is 6.42 Å². The summed E-state index contributed by atoms with van der Waals surface area (Å²) in [5, 5.41) is 3.84. The molecular weight excluding hydrogens is 371 g/mol. The van der Waals surface area contributed by atoms with Crippen LogP contribution in [0.15, 0.2) is 45.9 Å². The highest BCUT2D eigenvalue weighted by atomic mass is 127. The second-order valence-electron chi connectivity index (χ2n) is 3.96. The van der Waals surface area contributed by atoms with E-state index in [2.05, 4.69) is 33.1 Å². The number of ether oxygens (including phenoxy) is 1. The minimum absolute atomic E-state index is 0.187. The quantitative estimate of drug-likeness (QED) is 0.490. The zero-order chi connectivity index (χ0) is 14.4. The van der Waals surface area contributed by atoms with Crippen molar-refractivity contribution in [1.82, 2.24) is 5.43 Å². The third-order valence-corrected chi connectivity index (χ3v) is 3.08. The van der Waals surface area contributed by atoms with Gasteiger partial charge in [-0.3, -0.25) is 4.79 Å². The first-order valence-electron chi connectivity index (χ1n) is 5.87. The third kappa shape index (κ3) is 4.37. The van der Waals surface area contributed by atoms with Gasteiger partial charge in [0.25, 0.3) is 0 Å². The molecule has 6 heteroatoms. The molecule has 1 aromatic carbocycles. The van der Waals surface area contributed by atoms with E-state index in [4.69, 9.17) is 9.15 Å². The normalized spacial score (nSPS) is 10.7. The Morgan fingerprint density at radius 2 is 2.10 bits per heavy atom. The van der Waals surface area contributed by atoms with Crippen molar-refractivity contribution in [3.8, 4) is 5.75 Å². The Labute approximate surface area is 130 Å². The van der Waals surface area contributed by atoms with Gasteiger partial charge in [0, 0.05) is 0 Å². The lowest BCUT2D eigenvalue weighted by atomic mass is 10.1. The highest BCUT2D eigenvalue weighted by molar-refractivity contribution is 14.1. The van der Waals surface area contributed by atoms with Gasteiger partial charge in [0.2, 0.25) is 5.91 Å². The van der Waals surface area contributed by atoms with Crippen LogP contribution in [0.1, 0.15) is 11.3 Å². The molecule has 0 atom stereocenters. The number of carbonyl (C=O) groups is 1. The molecule has 0 radical (unpaired) electrons.